The lowest BCUT2D eigenvalue weighted by Gasteiger charge is -2.50. The maximum Gasteiger partial charge on any atom is 0.0455 e. The van der Waals surface area contributed by atoms with Gasteiger partial charge in [0.2, 0.25) is 0 Å². The molecule has 4 atom stereocenters. The molecule has 0 amide bonds. The van der Waals surface area contributed by atoms with Gasteiger partial charge in [0.05, 0.1) is 0 Å². The maximum absolute atomic E-state index is 6.20. The molecule has 2 nitrogen and oxygen atoms in total. The van der Waals surface area contributed by atoms with E-state index in [2.05, 4.69) is 23.6 Å². The van der Waals surface area contributed by atoms with Crippen molar-refractivity contribution < 1.29 is 0 Å². The molecule has 2 saturated heterocycles. The van der Waals surface area contributed by atoms with Gasteiger partial charge in [0, 0.05) is 23.9 Å². The average Bonchev–Trinajstić information content (AvgIpc) is 2.80. The zero-order valence-corrected chi connectivity index (χ0v) is 12.6. The average molecular weight is 268 g/mol. The van der Waals surface area contributed by atoms with Gasteiger partial charge < -0.3 is 5.73 Å². The molecular weight excluding hydrogens is 240 g/mol. The van der Waals surface area contributed by atoms with Gasteiger partial charge in [-0.05, 0) is 43.4 Å². The Labute approximate surface area is 116 Å². The van der Waals surface area contributed by atoms with Crippen molar-refractivity contribution in [2.24, 2.45) is 17.6 Å². The number of hydrogen-bond donors (Lipinski definition) is 1. The van der Waals surface area contributed by atoms with Gasteiger partial charge in [-0.3, -0.25) is 4.90 Å². The van der Waals surface area contributed by atoms with E-state index in [0.717, 1.165) is 23.6 Å². The first kappa shape index (κ1) is 13.3. The molecule has 3 aliphatic rings. The first-order chi connectivity index (χ1) is 8.76. The van der Waals surface area contributed by atoms with Crippen LogP contribution in [0.1, 0.15) is 45.4 Å². The number of nitrogens with zero attached hydrogens (tertiary/aromatic N) is 1. The van der Waals surface area contributed by atoms with E-state index in [-0.39, 0.29) is 0 Å². The summed E-state index contributed by atoms with van der Waals surface area (Å²) in [6.45, 7) is 5.91. The molecule has 0 aromatic carbocycles. The maximum atomic E-state index is 6.20. The van der Waals surface area contributed by atoms with Crippen LogP contribution in [0.5, 0.6) is 0 Å². The Morgan fingerprint density at radius 1 is 1.22 bits per heavy atom. The second kappa shape index (κ2) is 5.34. The highest BCUT2D eigenvalue weighted by Crippen LogP contribution is 2.44. The predicted molar refractivity (Wildman–Crippen MR) is 80.0 cm³/mol. The van der Waals surface area contributed by atoms with Crippen molar-refractivity contribution >= 4 is 11.8 Å². The Morgan fingerprint density at radius 2 is 2.00 bits per heavy atom. The zero-order chi connectivity index (χ0) is 12.6. The number of rotatable bonds is 2. The molecule has 18 heavy (non-hydrogen) atoms. The standard InChI is InChI=1S/C15H28N2S/c1-12-15(11-16,7-9-18-12)17-8-6-13-4-2-3-5-14(13)10-17/h12-14H,2-11,16H2,1H3. The molecule has 3 rings (SSSR count). The molecule has 1 aliphatic carbocycles. The van der Waals surface area contributed by atoms with Crippen LogP contribution in [0.25, 0.3) is 0 Å². The Balaban J connectivity index is 1.72. The molecule has 104 valence electrons. The van der Waals surface area contributed by atoms with Crippen LogP contribution in [0.4, 0.5) is 0 Å². The highest BCUT2D eigenvalue weighted by Gasteiger charge is 2.47. The van der Waals surface area contributed by atoms with Gasteiger partial charge in [-0.1, -0.05) is 26.2 Å². The third-order valence-electron chi connectivity index (χ3n) is 5.93. The van der Waals surface area contributed by atoms with Gasteiger partial charge >= 0.3 is 0 Å². The highest BCUT2D eigenvalue weighted by atomic mass is 32.2. The van der Waals surface area contributed by atoms with Gasteiger partial charge in [0.1, 0.15) is 0 Å². The first-order valence-electron chi connectivity index (χ1n) is 7.83. The van der Waals surface area contributed by atoms with Crippen LogP contribution in [-0.2, 0) is 0 Å². The quantitative estimate of drug-likeness (QED) is 0.835. The minimum Gasteiger partial charge on any atom is -0.329 e. The van der Waals surface area contributed by atoms with Gasteiger partial charge in [-0.15, -0.1) is 0 Å². The molecule has 0 aromatic heterocycles. The van der Waals surface area contributed by atoms with Crippen LogP contribution in [0.2, 0.25) is 0 Å². The van der Waals surface area contributed by atoms with E-state index in [0.29, 0.717) is 5.54 Å². The second-order valence-electron chi connectivity index (χ2n) is 6.61. The molecule has 0 spiro atoms. The summed E-state index contributed by atoms with van der Waals surface area (Å²) >= 11 is 2.13. The van der Waals surface area contributed by atoms with Gasteiger partial charge in [-0.2, -0.15) is 11.8 Å². The summed E-state index contributed by atoms with van der Waals surface area (Å²) in [6.07, 6.45) is 8.67. The van der Waals surface area contributed by atoms with Gasteiger partial charge in [0.15, 0.2) is 0 Å². The molecule has 0 bridgehead atoms. The fraction of sp³-hybridized carbons (Fsp3) is 1.00. The summed E-state index contributed by atoms with van der Waals surface area (Å²) in [5.74, 6) is 3.33. The van der Waals surface area contributed by atoms with Crippen LogP contribution in [0, 0.1) is 11.8 Å². The van der Waals surface area contributed by atoms with Gasteiger partial charge in [0.25, 0.3) is 0 Å². The van der Waals surface area contributed by atoms with Crippen LogP contribution >= 0.6 is 11.8 Å². The summed E-state index contributed by atoms with van der Waals surface area (Å²) in [4.78, 5) is 2.80. The number of piperidine rings is 1. The minimum atomic E-state index is 0.326. The number of fused-ring (bicyclic) bond motifs is 1. The third kappa shape index (κ3) is 2.12. The zero-order valence-electron chi connectivity index (χ0n) is 11.7. The molecule has 2 aliphatic heterocycles. The van der Waals surface area contributed by atoms with Crippen molar-refractivity contribution in [3.8, 4) is 0 Å². The predicted octanol–water partition coefficient (Wildman–Crippen LogP) is 2.72. The SMILES string of the molecule is CC1SCCC1(CN)N1CCC2CCCCC2C1. The summed E-state index contributed by atoms with van der Waals surface area (Å²) in [5, 5.41) is 0.725. The van der Waals surface area contributed by atoms with Crippen LogP contribution in [0.3, 0.4) is 0 Å². The lowest BCUT2D eigenvalue weighted by Crippen LogP contribution is -2.61. The van der Waals surface area contributed by atoms with E-state index < -0.39 is 0 Å². The molecule has 2 heterocycles. The van der Waals surface area contributed by atoms with Crippen molar-refractivity contribution in [3.63, 3.8) is 0 Å². The third-order valence-corrected chi connectivity index (χ3v) is 7.31. The molecule has 3 fully saturated rings. The number of thioether (sulfide) groups is 1. The molecule has 2 N–H and O–H groups in total. The Kier molecular flexibility index (Phi) is 3.93. The largest absolute Gasteiger partial charge is 0.329 e. The minimum absolute atomic E-state index is 0.326. The van der Waals surface area contributed by atoms with Crippen LogP contribution < -0.4 is 5.73 Å². The van der Waals surface area contributed by atoms with E-state index in [1.54, 1.807) is 0 Å². The van der Waals surface area contributed by atoms with E-state index in [9.17, 15) is 0 Å². The Hall–Kier alpha value is 0.270. The van der Waals surface area contributed by atoms with E-state index in [1.807, 2.05) is 0 Å². The van der Waals surface area contributed by atoms with E-state index >= 15 is 0 Å². The second-order valence-corrected chi connectivity index (χ2v) is 8.06. The van der Waals surface area contributed by atoms with Crippen LogP contribution in [-0.4, -0.2) is 41.1 Å². The molecule has 4 unspecified atom stereocenters. The molecular formula is C15H28N2S. The molecule has 0 radical (unpaired) electrons. The normalized spacial score (nSPS) is 46.0. The first-order valence-corrected chi connectivity index (χ1v) is 8.88. The van der Waals surface area contributed by atoms with Crippen molar-refractivity contribution in [3.05, 3.63) is 0 Å². The highest BCUT2D eigenvalue weighted by molar-refractivity contribution is 8.00. The summed E-state index contributed by atoms with van der Waals surface area (Å²) < 4.78 is 0. The lowest BCUT2D eigenvalue weighted by atomic mass is 9.73. The fourth-order valence-electron chi connectivity index (χ4n) is 4.59. The summed E-state index contributed by atoms with van der Waals surface area (Å²) in [7, 11) is 0. The summed E-state index contributed by atoms with van der Waals surface area (Å²) in [5.41, 5.74) is 6.53. The van der Waals surface area contributed by atoms with Crippen LogP contribution in [0.15, 0.2) is 0 Å². The number of hydrogen-bond acceptors (Lipinski definition) is 3. The smallest absolute Gasteiger partial charge is 0.0455 e. The monoisotopic (exact) mass is 268 g/mol. The Bertz CT molecular complexity index is 296. The molecule has 3 heteroatoms. The molecule has 0 aromatic rings. The topological polar surface area (TPSA) is 29.3 Å². The van der Waals surface area contributed by atoms with E-state index in [4.69, 9.17) is 5.73 Å². The van der Waals surface area contributed by atoms with Crippen molar-refractivity contribution in [2.75, 3.05) is 25.4 Å². The number of likely N-dealkylation sites (tertiary alicyclic amines) is 1. The lowest BCUT2D eigenvalue weighted by molar-refractivity contribution is 0.00946. The van der Waals surface area contributed by atoms with E-state index in [1.165, 1.54) is 57.4 Å². The number of nitrogens with two attached hydrogens (primary N) is 1. The Morgan fingerprint density at radius 3 is 2.67 bits per heavy atom. The van der Waals surface area contributed by atoms with Crippen molar-refractivity contribution in [1.82, 2.24) is 4.90 Å². The van der Waals surface area contributed by atoms with Gasteiger partial charge in [-0.25, -0.2) is 0 Å². The fourth-order valence-corrected chi connectivity index (χ4v) is 6.09. The van der Waals surface area contributed by atoms with Crippen molar-refractivity contribution in [1.29, 1.82) is 0 Å². The van der Waals surface area contributed by atoms with Crippen molar-refractivity contribution in [2.45, 2.75) is 56.2 Å². The summed E-state index contributed by atoms with van der Waals surface area (Å²) in [6, 6.07) is 0. The molecule has 1 saturated carbocycles.